The minimum Gasteiger partial charge on any atom is -0.354 e. The minimum absolute atomic E-state index is 0.315. The summed E-state index contributed by atoms with van der Waals surface area (Å²) in [7, 11) is 0. The van der Waals surface area contributed by atoms with Crippen molar-refractivity contribution in [2.24, 2.45) is 0 Å². The summed E-state index contributed by atoms with van der Waals surface area (Å²) in [5, 5.41) is 7.97. The molecule has 1 atom stereocenters. The van der Waals surface area contributed by atoms with Gasteiger partial charge in [-0.2, -0.15) is 10.1 Å². The maximum Gasteiger partial charge on any atom is 0.221 e. The normalized spacial score (nSPS) is 17.6. The number of hydrogen-bond donors (Lipinski definition) is 1. The number of aromatic nitrogens is 3. The molecule has 2 aromatic rings. The minimum atomic E-state index is 0.315. The molecule has 0 spiro atoms. The molecule has 1 aliphatic rings. The predicted molar refractivity (Wildman–Crippen MR) is 81.1 cm³/mol. The summed E-state index contributed by atoms with van der Waals surface area (Å²) >= 11 is 0. The van der Waals surface area contributed by atoms with E-state index in [9.17, 15) is 0 Å². The molecule has 1 aliphatic heterocycles. The fourth-order valence-corrected chi connectivity index (χ4v) is 2.80. The number of anilines is 1. The summed E-state index contributed by atoms with van der Waals surface area (Å²) in [5.74, 6) is 1.83. The van der Waals surface area contributed by atoms with Crippen LogP contribution in [-0.2, 0) is 12.8 Å². The topological polar surface area (TPSA) is 42.7 Å². The molecule has 2 heterocycles. The van der Waals surface area contributed by atoms with Crippen molar-refractivity contribution in [3.8, 4) is 0 Å². The molecule has 20 heavy (non-hydrogen) atoms. The van der Waals surface area contributed by atoms with Gasteiger partial charge < -0.3 is 5.32 Å². The van der Waals surface area contributed by atoms with E-state index in [1.54, 1.807) is 0 Å². The van der Waals surface area contributed by atoms with Crippen LogP contribution in [0.3, 0.4) is 0 Å². The van der Waals surface area contributed by atoms with E-state index in [1.807, 2.05) is 0 Å². The third kappa shape index (κ3) is 2.42. The van der Waals surface area contributed by atoms with E-state index >= 15 is 0 Å². The number of fused-ring (bicyclic) bond motifs is 1. The fraction of sp³-hybridized carbons (Fsp3) is 0.500. The van der Waals surface area contributed by atoms with Crippen molar-refractivity contribution >= 4 is 5.95 Å². The van der Waals surface area contributed by atoms with Crippen molar-refractivity contribution in [2.45, 2.75) is 45.6 Å². The summed E-state index contributed by atoms with van der Waals surface area (Å²) in [6.45, 7) is 5.27. The maximum absolute atomic E-state index is 4.63. The Labute approximate surface area is 120 Å². The SMILES string of the molecule is CCCc1ccc(C2CCNc3nc(CC)nn32)cc1. The van der Waals surface area contributed by atoms with E-state index in [1.165, 1.54) is 17.5 Å². The quantitative estimate of drug-likeness (QED) is 0.927. The van der Waals surface area contributed by atoms with Gasteiger partial charge in [-0.3, -0.25) is 0 Å². The van der Waals surface area contributed by atoms with E-state index in [2.05, 4.69) is 58.2 Å². The van der Waals surface area contributed by atoms with Gasteiger partial charge in [0.15, 0.2) is 5.82 Å². The lowest BCUT2D eigenvalue weighted by molar-refractivity contribution is 0.477. The molecule has 4 heteroatoms. The molecule has 0 saturated carbocycles. The monoisotopic (exact) mass is 270 g/mol. The second-order valence-corrected chi connectivity index (χ2v) is 5.37. The van der Waals surface area contributed by atoms with Gasteiger partial charge in [-0.25, -0.2) is 4.68 Å². The largest absolute Gasteiger partial charge is 0.354 e. The summed E-state index contributed by atoms with van der Waals surface area (Å²) in [6, 6.07) is 9.31. The molecule has 0 amide bonds. The Morgan fingerprint density at radius 2 is 2.05 bits per heavy atom. The number of aryl methyl sites for hydroxylation is 2. The zero-order valence-electron chi connectivity index (χ0n) is 12.3. The van der Waals surface area contributed by atoms with Crippen LogP contribution in [0, 0.1) is 0 Å². The van der Waals surface area contributed by atoms with Gasteiger partial charge in [0.25, 0.3) is 0 Å². The highest BCUT2D eigenvalue weighted by molar-refractivity contribution is 5.34. The van der Waals surface area contributed by atoms with Crippen molar-refractivity contribution in [3.63, 3.8) is 0 Å². The first-order chi connectivity index (χ1) is 9.81. The lowest BCUT2D eigenvalue weighted by atomic mass is 10.00. The Morgan fingerprint density at radius 1 is 1.25 bits per heavy atom. The molecular weight excluding hydrogens is 248 g/mol. The molecule has 0 radical (unpaired) electrons. The Kier molecular flexibility index (Phi) is 3.72. The van der Waals surface area contributed by atoms with Crippen LogP contribution in [0.4, 0.5) is 5.95 Å². The Bertz CT molecular complexity index is 571. The van der Waals surface area contributed by atoms with Gasteiger partial charge in [0.05, 0.1) is 6.04 Å². The molecule has 0 aliphatic carbocycles. The van der Waals surface area contributed by atoms with Crippen LogP contribution >= 0.6 is 0 Å². The zero-order chi connectivity index (χ0) is 13.9. The van der Waals surface area contributed by atoms with Crippen molar-refractivity contribution < 1.29 is 0 Å². The van der Waals surface area contributed by atoms with Crippen LogP contribution in [0.15, 0.2) is 24.3 Å². The molecule has 1 N–H and O–H groups in total. The molecule has 4 nitrogen and oxygen atoms in total. The van der Waals surface area contributed by atoms with Crippen LogP contribution in [0.25, 0.3) is 0 Å². The van der Waals surface area contributed by atoms with E-state index in [0.29, 0.717) is 6.04 Å². The molecule has 1 aromatic heterocycles. The number of nitrogens with zero attached hydrogens (tertiary/aromatic N) is 3. The average Bonchev–Trinajstić information content (AvgIpc) is 2.91. The molecule has 0 saturated heterocycles. The van der Waals surface area contributed by atoms with Crippen LogP contribution < -0.4 is 5.32 Å². The highest BCUT2D eigenvalue weighted by atomic mass is 15.4. The molecule has 0 fully saturated rings. The first kappa shape index (κ1) is 13.2. The van der Waals surface area contributed by atoms with Crippen molar-refractivity contribution in [3.05, 3.63) is 41.2 Å². The molecular formula is C16H22N4. The standard InChI is InChI=1S/C16H22N4/c1-3-5-12-6-8-13(9-7-12)14-10-11-17-16-18-15(4-2)19-20(14)16/h6-9,14H,3-5,10-11H2,1-2H3,(H,17,18,19). The Hall–Kier alpha value is -1.84. The van der Waals surface area contributed by atoms with Gasteiger partial charge in [-0.05, 0) is 24.0 Å². The summed E-state index contributed by atoms with van der Waals surface area (Å²) in [5.41, 5.74) is 2.75. The van der Waals surface area contributed by atoms with Crippen molar-refractivity contribution in [2.75, 3.05) is 11.9 Å². The first-order valence-electron chi connectivity index (χ1n) is 7.60. The molecule has 1 aromatic carbocycles. The molecule has 3 rings (SSSR count). The predicted octanol–water partition coefficient (Wildman–Crippen LogP) is 3.20. The van der Waals surface area contributed by atoms with Gasteiger partial charge >= 0.3 is 0 Å². The van der Waals surface area contributed by atoms with Crippen molar-refractivity contribution in [1.29, 1.82) is 0 Å². The second kappa shape index (κ2) is 5.65. The summed E-state index contributed by atoms with van der Waals surface area (Å²) in [4.78, 5) is 4.53. The van der Waals surface area contributed by atoms with E-state index in [4.69, 9.17) is 0 Å². The van der Waals surface area contributed by atoms with E-state index in [0.717, 1.165) is 37.6 Å². The second-order valence-electron chi connectivity index (χ2n) is 5.37. The zero-order valence-corrected chi connectivity index (χ0v) is 12.3. The lowest BCUT2D eigenvalue weighted by Gasteiger charge is -2.24. The third-order valence-electron chi connectivity index (χ3n) is 3.89. The van der Waals surface area contributed by atoms with Crippen LogP contribution in [0.2, 0.25) is 0 Å². The number of rotatable bonds is 4. The molecule has 0 bridgehead atoms. The smallest absolute Gasteiger partial charge is 0.221 e. The third-order valence-corrected chi connectivity index (χ3v) is 3.89. The van der Waals surface area contributed by atoms with E-state index in [-0.39, 0.29) is 0 Å². The van der Waals surface area contributed by atoms with Crippen LogP contribution in [0.5, 0.6) is 0 Å². The number of benzene rings is 1. The number of nitrogens with one attached hydrogen (secondary N) is 1. The molecule has 1 unspecified atom stereocenters. The first-order valence-corrected chi connectivity index (χ1v) is 7.60. The van der Waals surface area contributed by atoms with Crippen LogP contribution in [-0.4, -0.2) is 21.3 Å². The molecule has 106 valence electrons. The highest BCUT2D eigenvalue weighted by Gasteiger charge is 2.23. The average molecular weight is 270 g/mol. The van der Waals surface area contributed by atoms with Gasteiger partial charge in [0.2, 0.25) is 5.95 Å². The Balaban J connectivity index is 1.89. The van der Waals surface area contributed by atoms with Gasteiger partial charge in [0, 0.05) is 13.0 Å². The van der Waals surface area contributed by atoms with E-state index < -0.39 is 0 Å². The van der Waals surface area contributed by atoms with Crippen molar-refractivity contribution in [1.82, 2.24) is 14.8 Å². The highest BCUT2D eigenvalue weighted by Crippen LogP contribution is 2.28. The van der Waals surface area contributed by atoms with Gasteiger partial charge in [-0.1, -0.05) is 44.5 Å². The summed E-state index contributed by atoms with van der Waals surface area (Å²) in [6.07, 6.45) is 4.29. The lowest BCUT2D eigenvalue weighted by Crippen LogP contribution is -2.24. The number of hydrogen-bond acceptors (Lipinski definition) is 3. The van der Waals surface area contributed by atoms with Crippen LogP contribution in [0.1, 0.15) is 49.7 Å². The maximum atomic E-state index is 4.63. The Morgan fingerprint density at radius 3 is 2.75 bits per heavy atom. The summed E-state index contributed by atoms with van der Waals surface area (Å²) < 4.78 is 2.05. The fourth-order valence-electron chi connectivity index (χ4n) is 2.80. The van der Waals surface area contributed by atoms with Gasteiger partial charge in [0.1, 0.15) is 0 Å². The van der Waals surface area contributed by atoms with Gasteiger partial charge in [-0.15, -0.1) is 0 Å².